The molecule has 3 aromatic heterocycles. The molecule has 0 bridgehead atoms. The number of sulfonamides is 1. The van der Waals surface area contributed by atoms with Crippen LogP contribution in [0.1, 0.15) is 68.8 Å². The molecule has 0 aliphatic rings. The molecule has 3 heterocycles. The second kappa shape index (κ2) is 22.2. The van der Waals surface area contributed by atoms with Gasteiger partial charge in [0.25, 0.3) is 21.6 Å². The summed E-state index contributed by atoms with van der Waals surface area (Å²) in [7, 11) is -2.51. The number of nitrogens with zero attached hydrogens (tertiary/aromatic N) is 7. The van der Waals surface area contributed by atoms with Crippen molar-refractivity contribution in [1.29, 1.82) is 0 Å². The van der Waals surface area contributed by atoms with Crippen molar-refractivity contribution in [3.05, 3.63) is 145 Å². The van der Waals surface area contributed by atoms with Crippen molar-refractivity contribution in [2.75, 3.05) is 12.4 Å². The molecule has 0 saturated heterocycles. The van der Waals surface area contributed by atoms with Gasteiger partial charge in [-0.3, -0.25) is 33.9 Å². The number of fused-ring (bicyclic) bond motifs is 1. The maximum Gasteiger partial charge on any atom is 0.328 e. The molecule has 7 rings (SSSR count). The number of methoxy groups -OCH3 is 1. The number of non-ortho nitro benzene ring substituents is 1. The van der Waals surface area contributed by atoms with Crippen molar-refractivity contribution in [3.8, 4) is 11.5 Å². The number of benzene rings is 4. The van der Waals surface area contributed by atoms with Crippen LogP contribution < -0.4 is 19.9 Å². The fraction of sp³-hybridized carbons (Fsp3) is 0.261. The molecule has 0 aliphatic carbocycles. The Morgan fingerprint density at radius 1 is 0.886 bits per heavy atom. The van der Waals surface area contributed by atoms with Gasteiger partial charge < -0.3 is 24.3 Å². The summed E-state index contributed by atoms with van der Waals surface area (Å²) < 4.78 is 48.6. The third-order valence-electron chi connectivity index (χ3n) is 10.7. The van der Waals surface area contributed by atoms with Gasteiger partial charge in [0.1, 0.15) is 37.9 Å². The summed E-state index contributed by atoms with van der Waals surface area (Å²) in [5.41, 5.74) is 4.78. The maximum atomic E-state index is 13.8. The van der Waals surface area contributed by atoms with Crippen LogP contribution in [0.15, 0.2) is 89.4 Å². The van der Waals surface area contributed by atoms with E-state index >= 15 is 0 Å². The smallest absolute Gasteiger partial charge is 0.328 e. The highest BCUT2D eigenvalue weighted by atomic mass is 35.5. The van der Waals surface area contributed by atoms with E-state index in [0.29, 0.717) is 91.5 Å². The van der Waals surface area contributed by atoms with E-state index in [9.17, 15) is 37.7 Å². The first kappa shape index (κ1) is 50.3. The van der Waals surface area contributed by atoms with Crippen molar-refractivity contribution >= 4 is 78.4 Å². The molecule has 0 fully saturated rings. The average molecular weight is 1010 g/mol. The van der Waals surface area contributed by atoms with Gasteiger partial charge in [0.15, 0.2) is 0 Å². The fourth-order valence-corrected chi connectivity index (χ4v) is 8.84. The van der Waals surface area contributed by atoms with E-state index in [1.165, 1.54) is 28.5 Å². The van der Waals surface area contributed by atoms with E-state index in [2.05, 4.69) is 25.8 Å². The van der Waals surface area contributed by atoms with Crippen LogP contribution in [0.4, 0.5) is 10.8 Å². The highest BCUT2D eigenvalue weighted by molar-refractivity contribution is 7.91. The van der Waals surface area contributed by atoms with Crippen LogP contribution in [-0.2, 0) is 73.1 Å². The molecule has 364 valence electrons. The monoisotopic (exact) mass is 1010 g/mol. The largest absolute Gasteiger partial charge is 0.497 e. The number of ether oxygens (including phenoxy) is 4. The number of hydrogen-bond donors (Lipinski definition) is 2. The molecule has 0 radical (unpaired) electrons. The number of nitrogens with two attached hydrogens (primary N) is 1. The number of carbonyl (C=O) groups excluding carboxylic acids is 4. The van der Waals surface area contributed by atoms with Crippen molar-refractivity contribution < 1.29 is 51.5 Å². The summed E-state index contributed by atoms with van der Waals surface area (Å²) >= 11 is 6.73. The molecule has 0 saturated carbocycles. The number of carbonyl (C=O) groups is 4. The van der Waals surface area contributed by atoms with Gasteiger partial charge in [-0.05, 0) is 111 Å². The van der Waals surface area contributed by atoms with Crippen molar-refractivity contribution in [2.45, 2.75) is 76.7 Å². The molecule has 0 spiro atoms. The number of amides is 1. The summed E-state index contributed by atoms with van der Waals surface area (Å²) in [4.78, 5) is 63.9. The third kappa shape index (κ3) is 12.7. The molecule has 0 unspecified atom stereocenters. The van der Waals surface area contributed by atoms with E-state index in [1.54, 1.807) is 79.9 Å². The van der Waals surface area contributed by atoms with Crippen molar-refractivity contribution in [3.63, 3.8) is 0 Å². The zero-order valence-corrected chi connectivity index (χ0v) is 40.1. The molecule has 4 aromatic carbocycles. The van der Waals surface area contributed by atoms with Crippen LogP contribution in [-0.4, -0.2) is 74.0 Å². The second-order valence-corrected chi connectivity index (χ2v) is 18.9. The minimum absolute atomic E-state index is 0.0103. The summed E-state index contributed by atoms with van der Waals surface area (Å²) in [6.07, 6.45) is 2.96. The van der Waals surface area contributed by atoms with Crippen LogP contribution in [0.5, 0.6) is 11.5 Å². The van der Waals surface area contributed by atoms with Crippen LogP contribution in [0.3, 0.4) is 0 Å². The molecule has 70 heavy (non-hydrogen) atoms. The Morgan fingerprint density at radius 3 is 2.24 bits per heavy atom. The number of nitro groups is 1. The number of nitro benzene ring substituents is 1. The number of unbranched alkanes of at least 4 members (excludes halogenated alkanes) is 1. The number of rotatable bonds is 21. The quantitative estimate of drug-likeness (QED) is 0.0253. The lowest BCUT2D eigenvalue weighted by molar-refractivity contribution is -0.384. The van der Waals surface area contributed by atoms with Crippen molar-refractivity contribution in [1.82, 2.24) is 29.8 Å². The molecule has 3 N–H and O–H groups in total. The Labute approximate surface area is 408 Å². The first-order valence-electron chi connectivity index (χ1n) is 21.3. The predicted octanol–water partition coefficient (Wildman–Crippen LogP) is 6.57. The van der Waals surface area contributed by atoms with E-state index in [1.807, 2.05) is 6.92 Å². The first-order valence-corrected chi connectivity index (χ1v) is 24.0. The highest BCUT2D eigenvalue weighted by Gasteiger charge is 2.24. The van der Waals surface area contributed by atoms with Gasteiger partial charge in [0, 0.05) is 57.5 Å². The third-order valence-corrected chi connectivity index (χ3v) is 13.1. The lowest BCUT2D eigenvalue weighted by Gasteiger charge is -2.18. The number of hydrogen-bond acceptors (Lipinski definition) is 17. The number of nitrogens with one attached hydrogen (secondary N) is 1. The lowest BCUT2D eigenvalue weighted by atomic mass is 10.0. The SMILES string of the molecule is COc1ccc2c(c1)c(CC(=O)OCc1cc(C)cc(COC(=O)Cn3cc(CCCCC(=O)Nc4nnc(S(N)(=O)=O)s4)nn3)c1OCc1ccc([N+](=O)[O-])cc1)c(C)n2C(=O)c1ccc(Cl)cc1. The first-order chi connectivity index (χ1) is 33.4. The van der Waals surface area contributed by atoms with Gasteiger partial charge >= 0.3 is 11.9 Å². The number of primary sulfonamides is 1. The summed E-state index contributed by atoms with van der Waals surface area (Å²) in [6, 6.07) is 21.1. The van der Waals surface area contributed by atoms with Crippen LogP contribution in [0, 0.1) is 24.0 Å². The van der Waals surface area contributed by atoms with Crippen LogP contribution in [0.2, 0.25) is 5.02 Å². The zero-order chi connectivity index (χ0) is 50.1. The molecule has 0 aliphatic heterocycles. The number of anilines is 1. The van der Waals surface area contributed by atoms with E-state index in [-0.39, 0.29) is 67.6 Å². The average Bonchev–Trinajstić information content (AvgIpc) is 4.06. The Bertz CT molecular complexity index is 3210. The summed E-state index contributed by atoms with van der Waals surface area (Å²) in [6.45, 7) is 2.75. The highest BCUT2D eigenvalue weighted by Crippen LogP contribution is 2.33. The van der Waals surface area contributed by atoms with Gasteiger partial charge in [0.2, 0.25) is 15.4 Å². The Morgan fingerprint density at radius 2 is 1.59 bits per heavy atom. The normalized spacial score (nSPS) is 11.3. The second-order valence-electron chi connectivity index (χ2n) is 15.8. The Kier molecular flexibility index (Phi) is 16.0. The van der Waals surface area contributed by atoms with E-state index in [0.717, 1.165) is 5.56 Å². The summed E-state index contributed by atoms with van der Waals surface area (Å²) in [5, 5.41) is 35.1. The van der Waals surface area contributed by atoms with E-state index < -0.39 is 31.2 Å². The zero-order valence-electron chi connectivity index (χ0n) is 37.7. The molecular weight excluding hydrogens is 970 g/mol. The molecule has 1 amide bonds. The van der Waals surface area contributed by atoms with Crippen molar-refractivity contribution in [2.24, 2.45) is 5.14 Å². The van der Waals surface area contributed by atoms with E-state index in [4.69, 9.17) is 35.7 Å². The minimum atomic E-state index is -4.03. The standard InChI is InChI=1S/C46H44ClN9O12S2/c1-27-18-31(25-66-41(58)21-37-28(2)55(39-17-16-36(65-3)20-38(37)39)44(60)30-10-12-33(47)13-11-30)43(68-24-29-8-14-35(15-9-29)56(61)62)32(19-27)26-67-42(59)23-54-22-34(50-53-54)6-4-5-7-40(57)49-45-51-52-46(69-45)70(48,63)64/h8-20,22H,4-7,21,23-26H2,1-3H3,(H2,48,63,64)(H,49,51,57). The maximum absolute atomic E-state index is 13.8. The minimum Gasteiger partial charge on any atom is -0.497 e. The van der Waals surface area contributed by atoms with Crippen LogP contribution >= 0.6 is 22.9 Å². The van der Waals surface area contributed by atoms with Gasteiger partial charge in [-0.2, -0.15) is 0 Å². The predicted molar refractivity (Wildman–Crippen MR) is 254 cm³/mol. The van der Waals surface area contributed by atoms with Gasteiger partial charge in [-0.15, -0.1) is 15.3 Å². The van der Waals surface area contributed by atoms with Crippen LogP contribution in [0.25, 0.3) is 10.9 Å². The Hall–Kier alpha value is -7.60. The number of halogens is 1. The number of aryl methyl sites for hydroxylation is 2. The molecule has 0 atom stereocenters. The number of esters is 2. The molecular formula is C46H44ClN9O12S2. The number of aromatic nitrogens is 6. The lowest BCUT2D eigenvalue weighted by Crippen LogP contribution is -2.15. The molecule has 24 heteroatoms. The fourth-order valence-electron chi connectivity index (χ4n) is 7.36. The summed E-state index contributed by atoms with van der Waals surface area (Å²) in [5.74, 6) is -1.16. The molecule has 21 nitrogen and oxygen atoms in total. The van der Waals surface area contributed by atoms with Gasteiger partial charge in [-0.1, -0.05) is 33.7 Å². The molecule has 7 aromatic rings. The van der Waals surface area contributed by atoms with Gasteiger partial charge in [0.05, 0.1) is 29.7 Å². The van der Waals surface area contributed by atoms with Gasteiger partial charge in [-0.25, -0.2) is 18.2 Å². The Balaban J connectivity index is 1.01. The topological polar surface area (TPSA) is 282 Å².